The fourth-order valence-electron chi connectivity index (χ4n) is 0. The van der Waals surface area contributed by atoms with E-state index in [1.54, 1.807) is 0 Å². The molecule has 0 amide bonds. The average Bonchev–Trinajstić information content (AvgIpc) is 0.918. The molecule has 1 N–H and O–H groups in total. The normalized spacial score (nSPS) is 3.00. The molecular formula is C2H3LiN. The van der Waals surface area contributed by atoms with Crippen LogP contribution in [-0.4, -0.2) is 6.21 Å². The Labute approximate surface area is 38.1 Å². The molecule has 0 aliphatic heterocycles. The summed E-state index contributed by atoms with van der Waals surface area (Å²) in [6.45, 7) is 4.39. The minimum absolute atomic E-state index is 0. The van der Waals surface area contributed by atoms with Crippen LogP contribution in [0.5, 0.6) is 0 Å². The zero-order valence-electron chi connectivity index (χ0n) is 2.65. The van der Waals surface area contributed by atoms with Crippen molar-refractivity contribution in [1.29, 1.82) is 5.41 Å². The third-order valence-electron chi connectivity index (χ3n) is 0. The van der Waals surface area contributed by atoms with E-state index in [0.29, 0.717) is 0 Å². The fourth-order valence-corrected chi connectivity index (χ4v) is 0. The van der Waals surface area contributed by atoms with Gasteiger partial charge in [0.15, 0.2) is 0 Å². The van der Waals surface area contributed by atoms with Gasteiger partial charge < -0.3 is 12.3 Å². The molecule has 0 bridgehead atoms. The minimum atomic E-state index is 0. The SMILES string of the molecule is [CH-]C=N.[Li+]. The first kappa shape index (κ1) is 8.91. The quantitative estimate of drug-likeness (QED) is 0.176. The molecule has 0 aromatic carbocycles. The monoisotopic (exact) mass is 48.0 g/mol. The number of nitrogens with one attached hydrogen (secondary N) is 1. The smallest absolute Gasteiger partial charge is 0.495 e. The largest absolute Gasteiger partial charge is 1.00 e. The Morgan fingerprint density at radius 1 is 1.75 bits per heavy atom. The molecule has 4 heavy (non-hydrogen) atoms. The van der Waals surface area contributed by atoms with E-state index in [9.17, 15) is 0 Å². The molecule has 0 fully saturated rings. The summed E-state index contributed by atoms with van der Waals surface area (Å²) in [5, 5.41) is 5.86. The molecule has 0 spiro atoms. The van der Waals surface area contributed by atoms with Gasteiger partial charge in [-0.25, -0.2) is 0 Å². The van der Waals surface area contributed by atoms with Gasteiger partial charge in [-0.15, -0.1) is 0 Å². The fraction of sp³-hybridized carbons (Fsp3) is 0. The summed E-state index contributed by atoms with van der Waals surface area (Å²) in [5.74, 6) is 0. The molecule has 0 saturated heterocycles. The van der Waals surface area contributed by atoms with Gasteiger partial charge in [0.2, 0.25) is 0 Å². The predicted octanol–water partition coefficient (Wildman–Crippen LogP) is -2.65. The van der Waals surface area contributed by atoms with Crippen LogP contribution in [0.15, 0.2) is 0 Å². The second-order valence-corrected chi connectivity index (χ2v) is 0.167. The first-order chi connectivity index (χ1) is 1.41. The zero-order chi connectivity index (χ0) is 2.71. The summed E-state index contributed by atoms with van der Waals surface area (Å²) in [6.07, 6.45) is 0.750. The van der Waals surface area contributed by atoms with Crippen molar-refractivity contribution in [2.75, 3.05) is 0 Å². The molecule has 1 radical (unpaired) electrons. The number of hydrogen-bond acceptors (Lipinski definition) is 1. The summed E-state index contributed by atoms with van der Waals surface area (Å²) in [6, 6.07) is 0. The van der Waals surface area contributed by atoms with E-state index in [4.69, 9.17) is 5.41 Å². The molecule has 1 nitrogen and oxygen atoms in total. The van der Waals surface area contributed by atoms with Crippen molar-refractivity contribution in [3.8, 4) is 0 Å². The van der Waals surface area contributed by atoms with Crippen LogP contribution in [0.25, 0.3) is 0 Å². The van der Waals surface area contributed by atoms with Gasteiger partial charge in [0.25, 0.3) is 0 Å². The third-order valence-corrected chi connectivity index (χ3v) is 0. The maximum absolute atomic E-state index is 5.86. The van der Waals surface area contributed by atoms with Gasteiger partial charge in [0.1, 0.15) is 0 Å². The molecule has 2 heteroatoms. The van der Waals surface area contributed by atoms with E-state index in [1.165, 1.54) is 0 Å². The summed E-state index contributed by atoms with van der Waals surface area (Å²) in [4.78, 5) is 0. The third kappa shape index (κ3) is 146. The number of hydrogen-bond donors (Lipinski definition) is 1. The second kappa shape index (κ2) is 11.1. The van der Waals surface area contributed by atoms with Gasteiger partial charge in [-0.1, -0.05) is 0 Å². The van der Waals surface area contributed by atoms with Gasteiger partial charge in [-0.2, -0.15) is 6.21 Å². The molecule has 0 saturated carbocycles. The Hall–Kier alpha value is 0.137. The second-order valence-electron chi connectivity index (χ2n) is 0.167. The van der Waals surface area contributed by atoms with E-state index < -0.39 is 0 Å². The molecule has 0 aromatic heterocycles. The van der Waals surface area contributed by atoms with Crippen molar-refractivity contribution in [3.63, 3.8) is 0 Å². The molecule has 0 rings (SSSR count). The van der Waals surface area contributed by atoms with Crippen molar-refractivity contribution in [3.05, 3.63) is 6.92 Å². The standard InChI is InChI=1S/C2H3N.Li/c1-2-3;/h1-3H;/q-1;+1. The Morgan fingerprint density at radius 2 is 1.75 bits per heavy atom. The van der Waals surface area contributed by atoms with Crippen LogP contribution in [0.3, 0.4) is 0 Å². The van der Waals surface area contributed by atoms with Crippen molar-refractivity contribution in [1.82, 2.24) is 0 Å². The van der Waals surface area contributed by atoms with Crippen molar-refractivity contribution < 1.29 is 18.9 Å². The van der Waals surface area contributed by atoms with Gasteiger partial charge in [0, 0.05) is 0 Å². The molecule has 0 atom stereocenters. The first-order valence-electron chi connectivity index (χ1n) is 0.622. The predicted molar refractivity (Wildman–Crippen MR) is 13.1 cm³/mol. The van der Waals surface area contributed by atoms with Crippen molar-refractivity contribution in [2.45, 2.75) is 0 Å². The van der Waals surface area contributed by atoms with Gasteiger partial charge in [-0.05, 0) is 0 Å². The van der Waals surface area contributed by atoms with Crippen LogP contribution < -0.4 is 18.9 Å². The summed E-state index contributed by atoms with van der Waals surface area (Å²) < 4.78 is 0. The van der Waals surface area contributed by atoms with E-state index in [-0.39, 0.29) is 18.9 Å². The van der Waals surface area contributed by atoms with Crippen molar-refractivity contribution >= 4 is 6.21 Å². The molecule has 0 heterocycles. The average molecular weight is 48.0 g/mol. The van der Waals surface area contributed by atoms with Gasteiger partial charge in [-0.3, -0.25) is 0 Å². The van der Waals surface area contributed by atoms with Crippen LogP contribution in [0, 0.1) is 12.3 Å². The van der Waals surface area contributed by atoms with Crippen molar-refractivity contribution in [2.24, 2.45) is 0 Å². The van der Waals surface area contributed by atoms with Gasteiger partial charge in [0.05, 0.1) is 0 Å². The van der Waals surface area contributed by atoms with E-state index in [1.807, 2.05) is 0 Å². The number of rotatable bonds is 0. The summed E-state index contributed by atoms with van der Waals surface area (Å²) in [7, 11) is 0. The topological polar surface area (TPSA) is 23.9 Å². The maximum Gasteiger partial charge on any atom is 1.00 e. The van der Waals surface area contributed by atoms with Gasteiger partial charge >= 0.3 is 18.9 Å². The maximum atomic E-state index is 5.86. The Kier molecular flexibility index (Phi) is 24.7. The Balaban J connectivity index is 0. The van der Waals surface area contributed by atoms with E-state index in [0.717, 1.165) is 6.21 Å². The summed E-state index contributed by atoms with van der Waals surface area (Å²) >= 11 is 0. The Morgan fingerprint density at radius 3 is 1.75 bits per heavy atom. The zero-order valence-corrected chi connectivity index (χ0v) is 2.65. The summed E-state index contributed by atoms with van der Waals surface area (Å²) in [5.41, 5.74) is 0. The molecule has 0 unspecified atom stereocenters. The molecular weight excluding hydrogens is 45.0 g/mol. The van der Waals surface area contributed by atoms with Crippen LogP contribution >= 0.6 is 0 Å². The molecule has 0 aliphatic rings. The molecule has 0 aromatic rings. The molecule has 0 aliphatic carbocycles. The van der Waals surface area contributed by atoms with E-state index >= 15 is 0 Å². The van der Waals surface area contributed by atoms with Crippen LogP contribution in [-0.2, 0) is 0 Å². The van der Waals surface area contributed by atoms with Crippen LogP contribution in [0.2, 0.25) is 0 Å². The van der Waals surface area contributed by atoms with Crippen LogP contribution in [0.1, 0.15) is 0 Å². The van der Waals surface area contributed by atoms with Crippen LogP contribution in [0.4, 0.5) is 0 Å². The Bertz CT molecular complexity index is 13.5. The first-order valence-corrected chi connectivity index (χ1v) is 0.622. The molecule has 17 valence electrons. The van der Waals surface area contributed by atoms with E-state index in [2.05, 4.69) is 6.92 Å². The minimum Gasteiger partial charge on any atom is -0.495 e.